The standard InChI is InChI=1S/C15H15ClN2O/c16-9-15(6-7-15)10-18-14(19)12-3-1-5-13-11(12)4-2-8-17-13/h1-5,8H,6-7,9-10H2,(H,18,19). The summed E-state index contributed by atoms with van der Waals surface area (Å²) in [6.45, 7) is 0.659. The van der Waals surface area contributed by atoms with Gasteiger partial charge in [-0.1, -0.05) is 12.1 Å². The minimum atomic E-state index is -0.0463. The lowest BCUT2D eigenvalue weighted by molar-refractivity contribution is 0.0948. The van der Waals surface area contributed by atoms with Crippen LogP contribution in [-0.4, -0.2) is 23.3 Å². The molecule has 0 unspecified atom stereocenters. The van der Waals surface area contributed by atoms with Crippen LogP contribution in [0.2, 0.25) is 0 Å². The molecule has 1 saturated carbocycles. The minimum Gasteiger partial charge on any atom is -0.351 e. The van der Waals surface area contributed by atoms with E-state index in [1.54, 1.807) is 6.20 Å². The molecule has 2 aromatic rings. The number of carbonyl (C=O) groups excluding carboxylic acids is 1. The van der Waals surface area contributed by atoms with E-state index in [0.717, 1.165) is 23.7 Å². The van der Waals surface area contributed by atoms with E-state index in [-0.39, 0.29) is 11.3 Å². The van der Waals surface area contributed by atoms with E-state index in [2.05, 4.69) is 10.3 Å². The summed E-state index contributed by atoms with van der Waals surface area (Å²) >= 11 is 5.92. The number of fused-ring (bicyclic) bond motifs is 1. The Morgan fingerprint density at radius 1 is 1.32 bits per heavy atom. The first-order chi connectivity index (χ1) is 9.24. The highest BCUT2D eigenvalue weighted by Gasteiger charge is 2.41. The van der Waals surface area contributed by atoms with Crippen LogP contribution in [-0.2, 0) is 0 Å². The van der Waals surface area contributed by atoms with Gasteiger partial charge in [0.2, 0.25) is 0 Å². The molecule has 1 amide bonds. The maximum absolute atomic E-state index is 12.3. The molecule has 1 heterocycles. The van der Waals surface area contributed by atoms with Gasteiger partial charge >= 0.3 is 0 Å². The second-order valence-corrected chi connectivity index (χ2v) is 5.46. The Hall–Kier alpha value is -1.61. The number of rotatable bonds is 4. The number of halogens is 1. The molecule has 3 nitrogen and oxygen atoms in total. The average Bonchev–Trinajstić information content (AvgIpc) is 3.25. The zero-order valence-corrected chi connectivity index (χ0v) is 11.3. The van der Waals surface area contributed by atoms with E-state index >= 15 is 0 Å². The van der Waals surface area contributed by atoms with Crippen molar-refractivity contribution in [3.05, 3.63) is 42.1 Å². The normalized spacial score (nSPS) is 16.3. The molecule has 0 saturated heterocycles. The molecule has 0 bridgehead atoms. The third kappa shape index (κ3) is 2.43. The number of amides is 1. The van der Waals surface area contributed by atoms with Gasteiger partial charge in [-0.05, 0) is 31.0 Å². The van der Waals surface area contributed by atoms with Crippen molar-refractivity contribution < 1.29 is 4.79 Å². The molecule has 0 aliphatic heterocycles. The van der Waals surface area contributed by atoms with Crippen molar-refractivity contribution >= 4 is 28.4 Å². The number of nitrogens with zero attached hydrogens (tertiary/aromatic N) is 1. The summed E-state index contributed by atoms with van der Waals surface area (Å²) in [6.07, 6.45) is 3.94. The van der Waals surface area contributed by atoms with Gasteiger partial charge in [0.05, 0.1) is 5.52 Å². The lowest BCUT2D eigenvalue weighted by atomic mass is 10.1. The molecular weight excluding hydrogens is 260 g/mol. The van der Waals surface area contributed by atoms with E-state index in [9.17, 15) is 4.79 Å². The fourth-order valence-electron chi connectivity index (χ4n) is 2.20. The number of hydrogen-bond donors (Lipinski definition) is 1. The summed E-state index contributed by atoms with van der Waals surface area (Å²) in [5.74, 6) is 0.569. The van der Waals surface area contributed by atoms with Crippen LogP contribution < -0.4 is 5.32 Å². The summed E-state index contributed by atoms with van der Waals surface area (Å²) in [5, 5.41) is 3.88. The monoisotopic (exact) mass is 274 g/mol. The van der Waals surface area contributed by atoms with Gasteiger partial charge in [0.1, 0.15) is 0 Å². The molecule has 1 aromatic carbocycles. The van der Waals surface area contributed by atoms with Gasteiger partial charge in [-0.25, -0.2) is 0 Å². The maximum atomic E-state index is 12.3. The van der Waals surface area contributed by atoms with E-state index < -0.39 is 0 Å². The quantitative estimate of drug-likeness (QED) is 0.871. The fourth-order valence-corrected chi connectivity index (χ4v) is 2.56. The van der Waals surface area contributed by atoms with Crippen molar-refractivity contribution in [1.29, 1.82) is 0 Å². The molecule has 1 aliphatic rings. The number of nitrogens with one attached hydrogen (secondary N) is 1. The first-order valence-corrected chi connectivity index (χ1v) is 6.95. The summed E-state index contributed by atoms with van der Waals surface area (Å²) in [4.78, 5) is 16.5. The van der Waals surface area contributed by atoms with Crippen LogP contribution in [0.25, 0.3) is 10.9 Å². The third-order valence-electron chi connectivity index (χ3n) is 3.75. The van der Waals surface area contributed by atoms with Crippen LogP contribution in [0.15, 0.2) is 36.5 Å². The molecular formula is C15H15ClN2O. The van der Waals surface area contributed by atoms with Gasteiger partial charge < -0.3 is 5.32 Å². The third-order valence-corrected chi connectivity index (χ3v) is 4.32. The highest BCUT2D eigenvalue weighted by molar-refractivity contribution is 6.18. The van der Waals surface area contributed by atoms with Crippen LogP contribution in [0.5, 0.6) is 0 Å². The van der Waals surface area contributed by atoms with Crippen molar-refractivity contribution in [2.45, 2.75) is 12.8 Å². The van der Waals surface area contributed by atoms with Crippen LogP contribution in [0.4, 0.5) is 0 Å². The van der Waals surface area contributed by atoms with Crippen molar-refractivity contribution in [2.24, 2.45) is 5.41 Å². The predicted molar refractivity (Wildman–Crippen MR) is 76.5 cm³/mol. The van der Waals surface area contributed by atoms with E-state index in [1.807, 2.05) is 30.3 Å². The predicted octanol–water partition coefficient (Wildman–Crippen LogP) is 2.98. The Kier molecular flexibility index (Phi) is 3.15. The fraction of sp³-hybridized carbons (Fsp3) is 0.333. The number of carbonyl (C=O) groups is 1. The second kappa shape index (κ2) is 4.82. The van der Waals surface area contributed by atoms with Gasteiger partial charge in [0, 0.05) is 35.0 Å². The first kappa shape index (κ1) is 12.4. The maximum Gasteiger partial charge on any atom is 0.251 e. The molecule has 19 heavy (non-hydrogen) atoms. The molecule has 0 spiro atoms. The van der Waals surface area contributed by atoms with Gasteiger partial charge in [0.15, 0.2) is 0 Å². The van der Waals surface area contributed by atoms with E-state index in [1.165, 1.54) is 0 Å². The topological polar surface area (TPSA) is 42.0 Å². The van der Waals surface area contributed by atoms with Crippen molar-refractivity contribution in [2.75, 3.05) is 12.4 Å². The molecule has 0 radical (unpaired) electrons. The second-order valence-electron chi connectivity index (χ2n) is 5.19. The van der Waals surface area contributed by atoms with Gasteiger partial charge in [-0.15, -0.1) is 11.6 Å². The van der Waals surface area contributed by atoms with Gasteiger partial charge in [0.25, 0.3) is 5.91 Å². The molecule has 4 heteroatoms. The zero-order valence-electron chi connectivity index (χ0n) is 10.5. The lowest BCUT2D eigenvalue weighted by Crippen LogP contribution is -2.31. The summed E-state index contributed by atoms with van der Waals surface area (Å²) in [5.41, 5.74) is 1.66. The largest absolute Gasteiger partial charge is 0.351 e. The Bertz CT molecular complexity index is 617. The van der Waals surface area contributed by atoms with Crippen molar-refractivity contribution in [3.63, 3.8) is 0 Å². The molecule has 3 rings (SSSR count). The zero-order chi connectivity index (χ0) is 13.3. The number of benzene rings is 1. The highest BCUT2D eigenvalue weighted by atomic mass is 35.5. The molecule has 0 atom stereocenters. The van der Waals surface area contributed by atoms with Crippen LogP contribution in [0.1, 0.15) is 23.2 Å². The Morgan fingerprint density at radius 2 is 2.16 bits per heavy atom. The van der Waals surface area contributed by atoms with E-state index in [0.29, 0.717) is 18.0 Å². The lowest BCUT2D eigenvalue weighted by Gasteiger charge is -2.13. The minimum absolute atomic E-state index is 0.0463. The van der Waals surface area contributed by atoms with E-state index in [4.69, 9.17) is 11.6 Å². The molecule has 1 N–H and O–H groups in total. The van der Waals surface area contributed by atoms with Gasteiger partial charge in [-0.3, -0.25) is 9.78 Å². The number of hydrogen-bond acceptors (Lipinski definition) is 2. The smallest absolute Gasteiger partial charge is 0.251 e. The average molecular weight is 275 g/mol. The summed E-state index contributed by atoms with van der Waals surface area (Å²) < 4.78 is 0. The summed E-state index contributed by atoms with van der Waals surface area (Å²) in [6, 6.07) is 9.37. The van der Waals surface area contributed by atoms with Crippen molar-refractivity contribution in [1.82, 2.24) is 10.3 Å². The van der Waals surface area contributed by atoms with Crippen LogP contribution in [0, 0.1) is 5.41 Å². The van der Waals surface area contributed by atoms with Crippen molar-refractivity contribution in [3.8, 4) is 0 Å². The SMILES string of the molecule is O=C(NCC1(CCl)CC1)c1cccc2ncccc12. The molecule has 98 valence electrons. The molecule has 1 aliphatic carbocycles. The summed E-state index contributed by atoms with van der Waals surface area (Å²) in [7, 11) is 0. The Balaban J connectivity index is 1.82. The van der Waals surface area contributed by atoms with Gasteiger partial charge in [-0.2, -0.15) is 0 Å². The molecule has 1 aromatic heterocycles. The number of aromatic nitrogens is 1. The Labute approximate surface area is 117 Å². The molecule has 1 fully saturated rings. The van der Waals surface area contributed by atoms with Crippen LogP contribution in [0.3, 0.4) is 0 Å². The Morgan fingerprint density at radius 3 is 2.89 bits per heavy atom. The highest BCUT2D eigenvalue weighted by Crippen LogP contribution is 2.45. The first-order valence-electron chi connectivity index (χ1n) is 6.42. The number of pyridine rings is 1. The van der Waals surface area contributed by atoms with Crippen LogP contribution >= 0.6 is 11.6 Å². The number of alkyl halides is 1.